The van der Waals surface area contributed by atoms with E-state index in [4.69, 9.17) is 4.52 Å². The molecule has 0 unspecified atom stereocenters. The highest BCUT2D eigenvalue weighted by Gasteiger charge is 2.28. The molecule has 0 bridgehead atoms. The lowest BCUT2D eigenvalue weighted by Gasteiger charge is -2.26. The molecule has 2 aromatic heterocycles. The van der Waals surface area contributed by atoms with Crippen LogP contribution in [0.3, 0.4) is 0 Å². The van der Waals surface area contributed by atoms with Gasteiger partial charge in [-0.15, -0.1) is 0 Å². The minimum atomic E-state index is -0.706. The molecule has 26 heavy (non-hydrogen) atoms. The minimum Gasteiger partial charge on any atom is -0.360 e. The molecule has 7 nitrogen and oxygen atoms in total. The van der Waals surface area contributed by atoms with Crippen LogP contribution in [0.5, 0.6) is 0 Å². The first-order valence-electron chi connectivity index (χ1n) is 8.71. The van der Waals surface area contributed by atoms with Gasteiger partial charge in [-0.3, -0.25) is 9.59 Å². The van der Waals surface area contributed by atoms with Crippen molar-refractivity contribution in [1.82, 2.24) is 14.9 Å². The zero-order chi connectivity index (χ0) is 18.8. The summed E-state index contributed by atoms with van der Waals surface area (Å²) in [6.07, 6.45) is 0.441. The smallest absolute Gasteiger partial charge is 0.297 e. The second kappa shape index (κ2) is 7.11. The van der Waals surface area contributed by atoms with E-state index < -0.39 is 11.6 Å². The molecule has 1 amide bonds. The van der Waals surface area contributed by atoms with Crippen LogP contribution >= 0.6 is 0 Å². The standard InChI is InChI=1S/C19H22N4O3/c1-5-15(18(24)22(6-2)14-10-8-7-9-11-14)23-19(25)17-16(12(3)20-23)13(4)26-21-17/h7-11,15H,5-6H2,1-4H3/t15-/m1/s1. The van der Waals surface area contributed by atoms with Gasteiger partial charge in [-0.25, -0.2) is 4.68 Å². The van der Waals surface area contributed by atoms with E-state index in [1.54, 1.807) is 18.7 Å². The molecule has 0 N–H and O–H groups in total. The Kier molecular flexibility index (Phi) is 4.88. The normalized spacial score (nSPS) is 12.3. The number of benzene rings is 1. The number of anilines is 1. The van der Waals surface area contributed by atoms with Crippen LogP contribution in [0.1, 0.15) is 37.8 Å². The number of para-hydroxylation sites is 1. The van der Waals surface area contributed by atoms with Crippen LogP contribution in [-0.4, -0.2) is 27.4 Å². The van der Waals surface area contributed by atoms with Gasteiger partial charge in [-0.05, 0) is 39.3 Å². The molecule has 0 fully saturated rings. The van der Waals surface area contributed by atoms with Gasteiger partial charge in [0.05, 0.1) is 11.1 Å². The molecule has 0 spiro atoms. The number of rotatable bonds is 5. The van der Waals surface area contributed by atoms with E-state index in [0.717, 1.165) is 5.69 Å². The van der Waals surface area contributed by atoms with Crippen LogP contribution in [0.2, 0.25) is 0 Å². The Hall–Kier alpha value is -2.96. The van der Waals surface area contributed by atoms with Gasteiger partial charge in [0.15, 0.2) is 5.52 Å². The van der Waals surface area contributed by atoms with Gasteiger partial charge >= 0.3 is 0 Å². The molecule has 3 aromatic rings. The molecule has 0 saturated heterocycles. The fourth-order valence-electron chi connectivity index (χ4n) is 3.23. The van der Waals surface area contributed by atoms with Crippen LogP contribution in [0, 0.1) is 13.8 Å². The number of carbonyl (C=O) groups is 1. The Morgan fingerprint density at radius 1 is 1.23 bits per heavy atom. The zero-order valence-electron chi connectivity index (χ0n) is 15.4. The molecule has 2 heterocycles. The number of nitrogens with zero attached hydrogens (tertiary/aromatic N) is 4. The van der Waals surface area contributed by atoms with Crippen LogP contribution < -0.4 is 10.5 Å². The molecule has 3 rings (SSSR count). The largest absolute Gasteiger partial charge is 0.360 e. The zero-order valence-corrected chi connectivity index (χ0v) is 15.4. The van der Waals surface area contributed by atoms with Crippen molar-refractivity contribution in [3.05, 3.63) is 52.1 Å². The second-order valence-corrected chi connectivity index (χ2v) is 6.14. The molecule has 136 valence electrons. The number of carbonyl (C=O) groups excluding carboxylic acids is 1. The maximum atomic E-state index is 13.2. The highest BCUT2D eigenvalue weighted by atomic mass is 16.5. The van der Waals surface area contributed by atoms with Gasteiger partial charge in [0, 0.05) is 12.2 Å². The number of amides is 1. The van der Waals surface area contributed by atoms with E-state index >= 15 is 0 Å². The van der Waals surface area contributed by atoms with Crippen molar-refractivity contribution in [3.8, 4) is 0 Å². The molecule has 0 aliphatic heterocycles. The van der Waals surface area contributed by atoms with E-state index in [1.807, 2.05) is 44.2 Å². The first-order chi connectivity index (χ1) is 12.5. The summed E-state index contributed by atoms with van der Waals surface area (Å²) >= 11 is 0. The van der Waals surface area contributed by atoms with E-state index in [9.17, 15) is 9.59 Å². The van der Waals surface area contributed by atoms with Crippen molar-refractivity contribution in [3.63, 3.8) is 0 Å². The fourth-order valence-corrected chi connectivity index (χ4v) is 3.23. The van der Waals surface area contributed by atoms with Crippen molar-refractivity contribution in [2.24, 2.45) is 0 Å². The maximum absolute atomic E-state index is 13.2. The van der Waals surface area contributed by atoms with Gasteiger partial charge < -0.3 is 9.42 Å². The Bertz CT molecular complexity index is 991. The Labute approximate surface area is 151 Å². The molecule has 0 saturated carbocycles. The SMILES string of the molecule is CC[C@H](C(=O)N(CC)c1ccccc1)n1nc(C)c2c(C)onc2c1=O. The topological polar surface area (TPSA) is 81.2 Å². The number of aryl methyl sites for hydroxylation is 2. The molecular weight excluding hydrogens is 332 g/mol. The minimum absolute atomic E-state index is 0.172. The van der Waals surface area contributed by atoms with E-state index in [-0.39, 0.29) is 11.4 Å². The molecule has 1 atom stereocenters. The van der Waals surface area contributed by atoms with Crippen molar-refractivity contribution < 1.29 is 9.32 Å². The monoisotopic (exact) mass is 354 g/mol. The number of hydrogen-bond acceptors (Lipinski definition) is 5. The average molecular weight is 354 g/mol. The number of hydrogen-bond donors (Lipinski definition) is 0. The van der Waals surface area contributed by atoms with Gasteiger partial charge in [-0.2, -0.15) is 5.10 Å². The molecule has 0 aliphatic rings. The van der Waals surface area contributed by atoms with Crippen molar-refractivity contribution in [1.29, 1.82) is 0 Å². The average Bonchev–Trinajstić information content (AvgIpc) is 3.04. The van der Waals surface area contributed by atoms with Crippen LogP contribution in [0.4, 0.5) is 5.69 Å². The van der Waals surface area contributed by atoms with Crippen molar-refractivity contribution in [2.75, 3.05) is 11.4 Å². The van der Waals surface area contributed by atoms with Gasteiger partial charge in [0.2, 0.25) is 0 Å². The summed E-state index contributed by atoms with van der Waals surface area (Å²) in [4.78, 5) is 27.7. The number of likely N-dealkylation sites (N-methyl/N-ethyl adjacent to an activating group) is 1. The number of fused-ring (bicyclic) bond motifs is 1. The Balaban J connectivity index is 2.09. The molecule has 7 heteroatoms. The van der Waals surface area contributed by atoms with E-state index in [2.05, 4.69) is 10.3 Å². The van der Waals surface area contributed by atoms with Crippen LogP contribution in [0.15, 0.2) is 39.6 Å². The van der Waals surface area contributed by atoms with E-state index in [1.165, 1.54) is 4.68 Å². The highest BCUT2D eigenvalue weighted by Crippen LogP contribution is 2.22. The first-order valence-corrected chi connectivity index (χ1v) is 8.71. The van der Waals surface area contributed by atoms with Crippen LogP contribution in [0.25, 0.3) is 10.9 Å². The summed E-state index contributed by atoms with van der Waals surface area (Å²) in [5.74, 6) is 0.378. The quantitative estimate of drug-likeness (QED) is 0.703. The van der Waals surface area contributed by atoms with Gasteiger partial charge in [0.1, 0.15) is 11.8 Å². The maximum Gasteiger partial charge on any atom is 0.297 e. The number of aromatic nitrogens is 3. The second-order valence-electron chi connectivity index (χ2n) is 6.14. The summed E-state index contributed by atoms with van der Waals surface area (Å²) in [7, 11) is 0. The lowest BCUT2D eigenvalue weighted by Crippen LogP contribution is -2.41. The summed E-state index contributed by atoms with van der Waals surface area (Å²) in [6.45, 7) is 7.80. The Morgan fingerprint density at radius 2 is 1.92 bits per heavy atom. The van der Waals surface area contributed by atoms with E-state index in [0.29, 0.717) is 29.8 Å². The predicted molar refractivity (Wildman–Crippen MR) is 99.3 cm³/mol. The lowest BCUT2D eigenvalue weighted by atomic mass is 10.1. The Morgan fingerprint density at radius 3 is 2.54 bits per heavy atom. The summed E-state index contributed by atoms with van der Waals surface area (Å²) in [5.41, 5.74) is 1.21. The molecule has 0 aliphatic carbocycles. The van der Waals surface area contributed by atoms with Crippen molar-refractivity contribution in [2.45, 2.75) is 40.2 Å². The molecule has 1 aromatic carbocycles. The van der Waals surface area contributed by atoms with Gasteiger partial charge in [-0.1, -0.05) is 30.3 Å². The third-order valence-electron chi connectivity index (χ3n) is 4.51. The summed E-state index contributed by atoms with van der Waals surface area (Å²) < 4.78 is 6.39. The molecule has 0 radical (unpaired) electrons. The molecular formula is C19H22N4O3. The predicted octanol–water partition coefficient (Wildman–Crippen LogP) is 3.01. The summed E-state index contributed by atoms with van der Waals surface area (Å²) in [5, 5.41) is 8.87. The fraction of sp³-hybridized carbons (Fsp3) is 0.368. The van der Waals surface area contributed by atoms with Crippen LogP contribution in [-0.2, 0) is 4.79 Å². The first kappa shape index (κ1) is 17.8. The lowest BCUT2D eigenvalue weighted by molar-refractivity contribution is -0.122. The van der Waals surface area contributed by atoms with Crippen molar-refractivity contribution >= 4 is 22.5 Å². The highest BCUT2D eigenvalue weighted by molar-refractivity contribution is 5.96. The summed E-state index contributed by atoms with van der Waals surface area (Å²) in [6, 6.07) is 8.70. The van der Waals surface area contributed by atoms with Gasteiger partial charge in [0.25, 0.3) is 11.5 Å². The third-order valence-corrected chi connectivity index (χ3v) is 4.51. The third kappa shape index (κ3) is 2.89.